The quantitative estimate of drug-likeness (QED) is 0.811. The van der Waals surface area contributed by atoms with Crippen LogP contribution in [0.25, 0.3) is 0 Å². The van der Waals surface area contributed by atoms with Crippen molar-refractivity contribution in [3.63, 3.8) is 0 Å². The van der Waals surface area contributed by atoms with Crippen LogP contribution in [0, 0.1) is 0 Å². The van der Waals surface area contributed by atoms with E-state index in [1.165, 1.54) is 12.1 Å². The van der Waals surface area contributed by atoms with Gasteiger partial charge in [-0.1, -0.05) is 0 Å². The summed E-state index contributed by atoms with van der Waals surface area (Å²) in [4.78, 5) is 18.4. The predicted octanol–water partition coefficient (Wildman–Crippen LogP) is 0.684. The van der Waals surface area contributed by atoms with Crippen molar-refractivity contribution in [1.29, 1.82) is 0 Å². The molecule has 0 aliphatic carbocycles. The van der Waals surface area contributed by atoms with E-state index in [4.69, 9.17) is 0 Å². The summed E-state index contributed by atoms with van der Waals surface area (Å²) in [5, 5.41) is 4.16. The minimum Gasteiger partial charge on any atom is -0.338 e. The Balaban J connectivity index is 1.62. The average molecular weight is 287 g/mol. The van der Waals surface area contributed by atoms with Gasteiger partial charge >= 0.3 is 0 Å². The molecule has 1 saturated heterocycles. The maximum Gasteiger partial charge on any atom is 0.266 e. The Hall–Kier alpha value is -1.95. The van der Waals surface area contributed by atoms with E-state index in [9.17, 15) is 4.79 Å². The lowest BCUT2D eigenvalue weighted by Gasteiger charge is -2.24. The lowest BCUT2D eigenvalue weighted by atomic mass is 10.2. The second-order valence-electron chi connectivity index (χ2n) is 5.62. The number of imidazole rings is 1. The van der Waals surface area contributed by atoms with Gasteiger partial charge in [-0.2, -0.15) is 5.10 Å². The number of aryl methyl sites for hydroxylation is 1. The van der Waals surface area contributed by atoms with E-state index in [0.29, 0.717) is 12.6 Å². The molecule has 6 heteroatoms. The number of hydrogen-bond acceptors (Lipinski definition) is 4. The highest BCUT2D eigenvalue weighted by Gasteiger charge is 2.25. The zero-order valence-electron chi connectivity index (χ0n) is 12.4. The highest BCUT2D eigenvalue weighted by atomic mass is 16.1. The molecule has 3 rings (SSSR count). The third-order valence-electron chi connectivity index (χ3n) is 4.24. The number of nitrogens with zero attached hydrogens (tertiary/aromatic N) is 5. The second kappa shape index (κ2) is 6.22. The van der Waals surface area contributed by atoms with Crippen LogP contribution in [-0.4, -0.2) is 43.4 Å². The smallest absolute Gasteiger partial charge is 0.266 e. The summed E-state index contributed by atoms with van der Waals surface area (Å²) in [6, 6.07) is 3.67. The molecule has 1 aliphatic heterocycles. The van der Waals surface area contributed by atoms with Crippen LogP contribution < -0.4 is 5.56 Å². The second-order valence-corrected chi connectivity index (χ2v) is 5.62. The number of aromatic nitrogens is 4. The molecule has 2 aromatic heterocycles. The Kier molecular flexibility index (Phi) is 4.15. The average Bonchev–Trinajstić information content (AvgIpc) is 3.08. The van der Waals surface area contributed by atoms with Crippen LogP contribution in [0.15, 0.2) is 35.6 Å². The minimum absolute atomic E-state index is 0.0176. The first-order valence-corrected chi connectivity index (χ1v) is 7.45. The van der Waals surface area contributed by atoms with Crippen LogP contribution in [0.4, 0.5) is 0 Å². The third kappa shape index (κ3) is 3.21. The summed E-state index contributed by atoms with van der Waals surface area (Å²) in [7, 11) is 2.03. The van der Waals surface area contributed by atoms with Crippen molar-refractivity contribution in [3.05, 3.63) is 46.9 Å². The van der Waals surface area contributed by atoms with Gasteiger partial charge < -0.3 is 4.57 Å². The van der Waals surface area contributed by atoms with Gasteiger partial charge in [0.15, 0.2) is 0 Å². The topological polar surface area (TPSA) is 56.0 Å². The summed E-state index contributed by atoms with van der Waals surface area (Å²) in [6.07, 6.45) is 8.76. The first kappa shape index (κ1) is 14.0. The van der Waals surface area contributed by atoms with Crippen LogP contribution in [0.3, 0.4) is 0 Å². The SMILES string of the molecule is Cn1cncc1CCN1CCCC1Cn1ncccc1=O. The Bertz CT molecular complexity index is 647. The molecule has 2 aromatic rings. The molecule has 1 atom stereocenters. The van der Waals surface area contributed by atoms with E-state index in [2.05, 4.69) is 19.5 Å². The first-order valence-electron chi connectivity index (χ1n) is 7.45. The van der Waals surface area contributed by atoms with Gasteiger partial charge in [-0.3, -0.25) is 9.69 Å². The Morgan fingerprint density at radius 2 is 2.33 bits per heavy atom. The molecule has 0 amide bonds. The van der Waals surface area contributed by atoms with Gasteiger partial charge in [0, 0.05) is 50.2 Å². The molecular weight excluding hydrogens is 266 g/mol. The van der Waals surface area contributed by atoms with Crippen molar-refractivity contribution < 1.29 is 0 Å². The molecule has 0 aromatic carbocycles. The Labute approximate surface area is 124 Å². The van der Waals surface area contributed by atoms with Crippen LogP contribution in [0.5, 0.6) is 0 Å². The van der Waals surface area contributed by atoms with E-state index >= 15 is 0 Å². The molecular formula is C15H21N5O. The van der Waals surface area contributed by atoms with Crippen molar-refractivity contribution in [3.8, 4) is 0 Å². The van der Waals surface area contributed by atoms with Crippen LogP contribution >= 0.6 is 0 Å². The van der Waals surface area contributed by atoms with Crippen LogP contribution in [0.2, 0.25) is 0 Å². The number of likely N-dealkylation sites (tertiary alicyclic amines) is 1. The lowest BCUT2D eigenvalue weighted by molar-refractivity contribution is 0.226. The highest BCUT2D eigenvalue weighted by Crippen LogP contribution is 2.18. The summed E-state index contributed by atoms with van der Waals surface area (Å²) >= 11 is 0. The molecule has 21 heavy (non-hydrogen) atoms. The zero-order chi connectivity index (χ0) is 14.7. The largest absolute Gasteiger partial charge is 0.338 e. The molecule has 0 N–H and O–H groups in total. The molecule has 0 saturated carbocycles. The number of hydrogen-bond donors (Lipinski definition) is 0. The minimum atomic E-state index is -0.0176. The van der Waals surface area contributed by atoms with E-state index in [1.807, 2.05) is 19.6 Å². The van der Waals surface area contributed by atoms with E-state index in [1.54, 1.807) is 23.0 Å². The summed E-state index contributed by atoms with van der Waals surface area (Å²) in [5.41, 5.74) is 1.23. The maximum absolute atomic E-state index is 11.8. The lowest BCUT2D eigenvalue weighted by Crippen LogP contribution is -2.38. The standard InChI is InChI=1S/C15H21N5O/c1-18-12-16-10-13(18)6-9-19-8-3-4-14(19)11-20-15(21)5-2-7-17-20/h2,5,7,10,12,14H,3-4,6,8-9,11H2,1H3. The van der Waals surface area contributed by atoms with E-state index in [0.717, 1.165) is 25.9 Å². The molecule has 1 unspecified atom stereocenters. The Morgan fingerprint density at radius 1 is 1.43 bits per heavy atom. The van der Waals surface area contributed by atoms with Gasteiger partial charge in [0.25, 0.3) is 5.56 Å². The number of rotatable bonds is 5. The van der Waals surface area contributed by atoms with Gasteiger partial charge in [-0.05, 0) is 25.5 Å². The van der Waals surface area contributed by atoms with E-state index in [-0.39, 0.29) is 5.56 Å². The zero-order valence-corrected chi connectivity index (χ0v) is 12.4. The molecule has 0 spiro atoms. The van der Waals surface area contributed by atoms with Crippen molar-refractivity contribution >= 4 is 0 Å². The third-order valence-corrected chi connectivity index (χ3v) is 4.24. The fourth-order valence-electron chi connectivity index (χ4n) is 3.00. The normalized spacial score (nSPS) is 19.2. The first-order chi connectivity index (χ1) is 10.2. The van der Waals surface area contributed by atoms with Crippen LogP contribution in [-0.2, 0) is 20.0 Å². The molecule has 3 heterocycles. The van der Waals surface area contributed by atoms with E-state index < -0.39 is 0 Å². The predicted molar refractivity (Wildman–Crippen MR) is 80.0 cm³/mol. The fraction of sp³-hybridized carbons (Fsp3) is 0.533. The van der Waals surface area contributed by atoms with Gasteiger partial charge in [-0.15, -0.1) is 0 Å². The molecule has 1 aliphatic rings. The van der Waals surface area contributed by atoms with Crippen molar-refractivity contribution in [2.45, 2.75) is 31.8 Å². The van der Waals surface area contributed by atoms with Crippen LogP contribution in [0.1, 0.15) is 18.5 Å². The highest BCUT2D eigenvalue weighted by molar-refractivity contribution is 4.98. The summed E-state index contributed by atoms with van der Waals surface area (Å²) in [5.74, 6) is 0. The molecule has 0 bridgehead atoms. The van der Waals surface area contributed by atoms with Gasteiger partial charge in [0.2, 0.25) is 0 Å². The summed E-state index contributed by atoms with van der Waals surface area (Å²) < 4.78 is 3.64. The van der Waals surface area contributed by atoms with Gasteiger partial charge in [-0.25, -0.2) is 9.67 Å². The molecule has 112 valence electrons. The molecule has 1 fully saturated rings. The van der Waals surface area contributed by atoms with Gasteiger partial charge in [0.05, 0.1) is 12.9 Å². The molecule has 0 radical (unpaired) electrons. The fourth-order valence-corrected chi connectivity index (χ4v) is 3.00. The van der Waals surface area contributed by atoms with Crippen molar-refractivity contribution in [1.82, 2.24) is 24.2 Å². The Morgan fingerprint density at radius 3 is 3.10 bits per heavy atom. The van der Waals surface area contributed by atoms with Gasteiger partial charge in [0.1, 0.15) is 0 Å². The van der Waals surface area contributed by atoms with Crippen molar-refractivity contribution in [2.24, 2.45) is 7.05 Å². The van der Waals surface area contributed by atoms with Crippen molar-refractivity contribution in [2.75, 3.05) is 13.1 Å². The monoisotopic (exact) mass is 287 g/mol. The summed E-state index contributed by atoms with van der Waals surface area (Å²) in [6.45, 7) is 2.79. The molecule has 6 nitrogen and oxygen atoms in total. The maximum atomic E-state index is 11.8.